The third-order valence-corrected chi connectivity index (χ3v) is 10.5. The summed E-state index contributed by atoms with van der Waals surface area (Å²) in [5.41, 5.74) is 2.27. The average Bonchev–Trinajstić information content (AvgIpc) is 3.51. The number of ether oxygens (including phenoxy) is 2. The van der Waals surface area contributed by atoms with E-state index in [-0.39, 0.29) is 24.1 Å². The number of hydrogen-bond donors (Lipinski definition) is 1. The van der Waals surface area contributed by atoms with Crippen molar-refractivity contribution in [1.29, 1.82) is 0 Å². The molecule has 6 heteroatoms. The van der Waals surface area contributed by atoms with E-state index in [0.29, 0.717) is 13.0 Å². The Kier molecular flexibility index (Phi) is 4.83. The number of aliphatic hydroxyl groups is 1. The van der Waals surface area contributed by atoms with Crippen molar-refractivity contribution < 1.29 is 19.4 Å². The van der Waals surface area contributed by atoms with Gasteiger partial charge in [-0.3, -0.25) is 9.69 Å². The maximum absolute atomic E-state index is 12.9. The number of piperidine rings is 1. The lowest BCUT2D eigenvalue weighted by Gasteiger charge is -2.64. The molecule has 1 amide bonds. The second kappa shape index (κ2) is 7.97. The van der Waals surface area contributed by atoms with Crippen molar-refractivity contribution in [1.82, 2.24) is 9.80 Å². The largest absolute Gasteiger partial charge is 0.485 e. The summed E-state index contributed by atoms with van der Waals surface area (Å²) in [4.78, 5) is 17.6. The molecule has 8 rings (SSSR count). The number of rotatable bonds is 6. The number of carbonyl (C=O) groups is 1. The van der Waals surface area contributed by atoms with Gasteiger partial charge in [-0.05, 0) is 74.6 Å². The number of likely N-dealkylation sites (tertiary alicyclic amines) is 2. The second-order valence-electron chi connectivity index (χ2n) is 12.3. The van der Waals surface area contributed by atoms with Gasteiger partial charge in [-0.25, -0.2) is 0 Å². The van der Waals surface area contributed by atoms with E-state index < -0.39 is 11.0 Å². The predicted molar refractivity (Wildman–Crippen MR) is 139 cm³/mol. The lowest BCUT2D eigenvalue weighted by Crippen LogP contribution is -2.78. The molecule has 0 radical (unpaired) electrons. The molecule has 0 unspecified atom stereocenters. The molecule has 2 aromatic rings. The smallest absolute Gasteiger partial charge is 0.223 e. The highest BCUT2D eigenvalue weighted by atomic mass is 16.5. The first kappa shape index (κ1) is 22.4. The molecule has 1 N–H and O–H groups in total. The molecule has 3 aliphatic carbocycles. The monoisotopic (exact) mass is 500 g/mol. The van der Waals surface area contributed by atoms with Crippen LogP contribution in [0.25, 0.3) is 0 Å². The molecule has 2 saturated carbocycles. The highest BCUT2D eigenvalue weighted by Crippen LogP contribution is 2.66. The number of carbonyl (C=O) groups excluding carboxylic acids is 1. The van der Waals surface area contributed by atoms with Crippen LogP contribution in [-0.2, 0) is 23.2 Å². The van der Waals surface area contributed by atoms with Crippen molar-refractivity contribution in [2.75, 3.05) is 19.6 Å². The molecule has 2 aromatic carbocycles. The van der Waals surface area contributed by atoms with Crippen molar-refractivity contribution >= 4 is 5.91 Å². The van der Waals surface area contributed by atoms with Gasteiger partial charge < -0.3 is 19.5 Å². The molecule has 5 atom stereocenters. The van der Waals surface area contributed by atoms with Crippen LogP contribution in [0.1, 0.15) is 61.6 Å². The maximum Gasteiger partial charge on any atom is 0.223 e. The van der Waals surface area contributed by atoms with Gasteiger partial charge in [0.15, 0.2) is 11.5 Å². The summed E-state index contributed by atoms with van der Waals surface area (Å²) < 4.78 is 13.4. The van der Waals surface area contributed by atoms with Crippen molar-refractivity contribution in [3.8, 4) is 11.5 Å². The van der Waals surface area contributed by atoms with E-state index in [1.165, 1.54) is 24.0 Å². The van der Waals surface area contributed by atoms with Gasteiger partial charge in [-0.15, -0.1) is 0 Å². The minimum Gasteiger partial charge on any atom is -0.485 e. The Balaban J connectivity index is 1.23. The van der Waals surface area contributed by atoms with E-state index in [2.05, 4.69) is 34.1 Å². The van der Waals surface area contributed by atoms with E-state index in [4.69, 9.17) is 9.47 Å². The van der Waals surface area contributed by atoms with Gasteiger partial charge in [0, 0.05) is 31.1 Å². The summed E-state index contributed by atoms with van der Waals surface area (Å²) in [7, 11) is 0. The Morgan fingerprint density at radius 3 is 2.70 bits per heavy atom. The van der Waals surface area contributed by atoms with Crippen LogP contribution in [0.5, 0.6) is 11.5 Å². The van der Waals surface area contributed by atoms with Crippen molar-refractivity contribution in [3.05, 3.63) is 59.2 Å². The molecule has 194 valence electrons. The van der Waals surface area contributed by atoms with Gasteiger partial charge in [-0.1, -0.05) is 36.4 Å². The molecular formula is C31H36N2O4. The molecule has 6 aliphatic rings. The molecule has 37 heavy (non-hydrogen) atoms. The molecule has 3 aliphatic heterocycles. The molecule has 2 bridgehead atoms. The van der Waals surface area contributed by atoms with Gasteiger partial charge in [0.1, 0.15) is 12.7 Å². The Morgan fingerprint density at radius 1 is 1.05 bits per heavy atom. The predicted octanol–water partition coefficient (Wildman–Crippen LogP) is 3.82. The zero-order valence-corrected chi connectivity index (χ0v) is 21.4. The minimum atomic E-state index is -0.847. The van der Waals surface area contributed by atoms with Gasteiger partial charge >= 0.3 is 0 Å². The highest BCUT2D eigenvalue weighted by molar-refractivity contribution is 5.79. The third-order valence-electron chi connectivity index (χ3n) is 10.5. The van der Waals surface area contributed by atoms with Crippen LogP contribution in [0.15, 0.2) is 42.5 Å². The first-order chi connectivity index (χ1) is 18.1. The van der Waals surface area contributed by atoms with Gasteiger partial charge in [0.05, 0.1) is 17.1 Å². The zero-order chi connectivity index (χ0) is 24.8. The van der Waals surface area contributed by atoms with E-state index in [1.807, 2.05) is 18.2 Å². The van der Waals surface area contributed by atoms with E-state index in [9.17, 15) is 9.90 Å². The SMILES string of the molecule is O=C1CCCN1[C@H]1CC[C@@]2(O)[C@@H]3Cc4ccc(OCc5ccccc5)c5c4[C@@]2(CCN3CC2CC2)[C@H]1O5. The Morgan fingerprint density at radius 2 is 1.92 bits per heavy atom. The second-order valence-corrected chi connectivity index (χ2v) is 12.3. The van der Waals surface area contributed by atoms with Crippen LogP contribution in [0.4, 0.5) is 0 Å². The van der Waals surface area contributed by atoms with E-state index >= 15 is 0 Å². The Labute approximate surface area is 218 Å². The summed E-state index contributed by atoms with van der Waals surface area (Å²) in [6.07, 6.45) is 7.21. The molecule has 3 heterocycles. The fourth-order valence-corrected chi connectivity index (χ4v) is 8.63. The van der Waals surface area contributed by atoms with Gasteiger partial charge in [0.2, 0.25) is 5.91 Å². The molecule has 0 aromatic heterocycles. The summed E-state index contributed by atoms with van der Waals surface area (Å²) >= 11 is 0. The van der Waals surface area contributed by atoms with Crippen molar-refractivity contribution in [2.24, 2.45) is 5.92 Å². The van der Waals surface area contributed by atoms with Crippen LogP contribution in [0.3, 0.4) is 0 Å². The number of amides is 1. The number of nitrogens with zero attached hydrogens (tertiary/aromatic N) is 2. The average molecular weight is 501 g/mol. The van der Waals surface area contributed by atoms with Crippen LogP contribution in [-0.4, -0.2) is 64.2 Å². The van der Waals surface area contributed by atoms with Gasteiger partial charge in [0.25, 0.3) is 0 Å². The van der Waals surface area contributed by atoms with Crippen molar-refractivity contribution in [3.63, 3.8) is 0 Å². The fraction of sp³-hybridized carbons (Fsp3) is 0.581. The summed E-state index contributed by atoms with van der Waals surface area (Å²) in [6, 6.07) is 14.6. The van der Waals surface area contributed by atoms with E-state index in [0.717, 1.165) is 74.7 Å². The minimum absolute atomic E-state index is 0.00577. The highest BCUT2D eigenvalue weighted by Gasteiger charge is 2.73. The van der Waals surface area contributed by atoms with Gasteiger partial charge in [-0.2, -0.15) is 0 Å². The molecule has 6 nitrogen and oxygen atoms in total. The van der Waals surface area contributed by atoms with E-state index in [1.54, 1.807) is 0 Å². The maximum atomic E-state index is 12.9. The first-order valence-electron chi connectivity index (χ1n) is 14.3. The molecular weight excluding hydrogens is 464 g/mol. The lowest BCUT2D eigenvalue weighted by molar-refractivity contribution is -0.200. The standard InChI is InChI=1S/C31H36N2O4/c34-26-7-4-15-33(26)23-12-13-31(35)25-17-22-10-11-24(36-19-21-5-2-1-3-6-21)28-27(22)30(31,29(23)37-28)14-16-32(25)18-20-8-9-20/h1-3,5-6,10-11,20,23,25,29,35H,4,7-9,12-19H2/t23-,25-,29-,30-,31+/m0/s1. The zero-order valence-electron chi connectivity index (χ0n) is 21.4. The Hall–Kier alpha value is -2.57. The fourth-order valence-electron chi connectivity index (χ4n) is 8.63. The molecule has 4 fully saturated rings. The molecule has 2 saturated heterocycles. The Bertz CT molecular complexity index is 1250. The number of benzene rings is 2. The molecule has 1 spiro atoms. The quantitative estimate of drug-likeness (QED) is 0.654. The number of hydrogen-bond acceptors (Lipinski definition) is 5. The topological polar surface area (TPSA) is 62.2 Å². The van der Waals surface area contributed by atoms with Crippen LogP contribution < -0.4 is 9.47 Å². The summed E-state index contributed by atoms with van der Waals surface area (Å²) in [6.45, 7) is 3.36. The van der Waals surface area contributed by atoms with Crippen LogP contribution in [0, 0.1) is 5.92 Å². The van der Waals surface area contributed by atoms with Crippen LogP contribution >= 0.6 is 0 Å². The van der Waals surface area contributed by atoms with Crippen molar-refractivity contribution in [2.45, 2.75) is 87.2 Å². The summed E-state index contributed by atoms with van der Waals surface area (Å²) in [5.74, 6) is 2.62. The van der Waals surface area contributed by atoms with Crippen LogP contribution in [0.2, 0.25) is 0 Å². The lowest BCUT2D eigenvalue weighted by atomic mass is 9.48. The normalized spacial score (nSPS) is 35.9. The third kappa shape index (κ3) is 3.09. The first-order valence-corrected chi connectivity index (χ1v) is 14.3. The summed E-state index contributed by atoms with van der Waals surface area (Å²) in [5, 5.41) is 12.8.